The maximum Gasteiger partial charge on any atom is 0.305 e. The van der Waals surface area contributed by atoms with E-state index < -0.39 is 5.97 Å². The second-order valence-corrected chi connectivity index (χ2v) is 10.5. The van der Waals surface area contributed by atoms with E-state index in [2.05, 4.69) is 15.6 Å². The zero-order chi connectivity index (χ0) is 25.3. The number of carbonyl (C=O) groups is 2. The third kappa shape index (κ3) is 7.31. The van der Waals surface area contributed by atoms with Gasteiger partial charge in [0.2, 0.25) is 0 Å². The van der Waals surface area contributed by atoms with E-state index in [9.17, 15) is 9.59 Å². The minimum absolute atomic E-state index is 0.0913. The smallest absolute Gasteiger partial charge is 0.305 e. The topological polar surface area (TPSA) is 82.5 Å². The molecule has 1 aliphatic carbocycles. The molecule has 190 valence electrons. The fourth-order valence-electron chi connectivity index (χ4n) is 4.59. The summed E-state index contributed by atoms with van der Waals surface area (Å²) in [5, 5.41) is 15.3. The van der Waals surface area contributed by atoms with Crippen LogP contribution in [0, 0.1) is 0 Å². The first-order chi connectivity index (χ1) is 17.5. The van der Waals surface area contributed by atoms with Gasteiger partial charge < -0.3 is 15.3 Å². The van der Waals surface area contributed by atoms with Gasteiger partial charge in [-0.1, -0.05) is 68.0 Å². The van der Waals surface area contributed by atoms with E-state index in [4.69, 9.17) is 21.7 Å². The molecule has 0 bridgehead atoms. The van der Waals surface area contributed by atoms with Crippen LogP contribution in [0.5, 0.6) is 0 Å². The fraction of sp³-hybridized carbons (Fsp3) is 0.393. The molecule has 0 unspecified atom stereocenters. The van der Waals surface area contributed by atoms with Crippen molar-refractivity contribution in [3.63, 3.8) is 0 Å². The molecule has 1 heterocycles. The lowest BCUT2D eigenvalue weighted by Gasteiger charge is -2.33. The summed E-state index contributed by atoms with van der Waals surface area (Å²) in [4.78, 5) is 30.5. The Morgan fingerprint density at radius 2 is 1.67 bits per heavy atom. The molecular formula is C28H32ClN3O3S. The van der Waals surface area contributed by atoms with Crippen LogP contribution in [0.25, 0.3) is 11.3 Å². The lowest BCUT2D eigenvalue weighted by Crippen LogP contribution is -2.35. The van der Waals surface area contributed by atoms with Gasteiger partial charge in [-0.2, -0.15) is 0 Å². The van der Waals surface area contributed by atoms with E-state index in [1.807, 2.05) is 48.5 Å². The largest absolute Gasteiger partial charge is 0.481 e. The summed E-state index contributed by atoms with van der Waals surface area (Å²) in [6, 6.07) is 15.8. The number of aromatic nitrogens is 1. The van der Waals surface area contributed by atoms with Gasteiger partial charge in [0.05, 0.1) is 12.1 Å². The molecule has 1 aliphatic rings. The SMILES string of the molecule is O=C(O)CCNC(=O)c1ccc(CN(c2nc(-c3ccc(Cl)cc3)cs2)C2CCCCCCC2)cc1. The predicted molar refractivity (Wildman–Crippen MR) is 146 cm³/mol. The molecule has 2 aromatic carbocycles. The van der Waals surface area contributed by atoms with Crippen molar-refractivity contribution in [3.05, 3.63) is 70.1 Å². The molecule has 1 amide bonds. The van der Waals surface area contributed by atoms with Gasteiger partial charge in [-0.3, -0.25) is 9.59 Å². The number of halogens is 1. The number of nitrogens with zero attached hydrogens (tertiary/aromatic N) is 2. The lowest BCUT2D eigenvalue weighted by molar-refractivity contribution is -0.136. The van der Waals surface area contributed by atoms with Gasteiger partial charge in [0.1, 0.15) is 0 Å². The number of aliphatic carboxylic acids is 1. The third-order valence-electron chi connectivity index (χ3n) is 6.59. The van der Waals surface area contributed by atoms with Crippen LogP contribution in [0.3, 0.4) is 0 Å². The molecule has 1 fully saturated rings. The van der Waals surface area contributed by atoms with Gasteiger partial charge in [-0.15, -0.1) is 11.3 Å². The summed E-state index contributed by atoms with van der Waals surface area (Å²) in [5.74, 6) is -1.19. The standard InChI is InChI=1S/C28H32ClN3O3S/c29-23-14-12-21(13-15-23)25-19-36-28(31-25)32(24-6-4-2-1-3-5-7-24)18-20-8-10-22(11-9-20)27(35)30-17-16-26(33)34/h8-15,19,24H,1-7,16-18H2,(H,30,35)(H,33,34). The Hall–Kier alpha value is -2.90. The van der Waals surface area contributed by atoms with Gasteiger partial charge in [-0.25, -0.2) is 4.98 Å². The molecule has 6 nitrogen and oxygen atoms in total. The molecule has 1 aromatic heterocycles. The normalized spacial score (nSPS) is 14.6. The van der Waals surface area contributed by atoms with Crippen LogP contribution in [0.4, 0.5) is 5.13 Å². The highest BCUT2D eigenvalue weighted by Crippen LogP contribution is 2.33. The zero-order valence-corrected chi connectivity index (χ0v) is 21.9. The Morgan fingerprint density at radius 3 is 2.33 bits per heavy atom. The molecule has 0 atom stereocenters. The van der Waals surface area contributed by atoms with E-state index in [-0.39, 0.29) is 18.9 Å². The van der Waals surface area contributed by atoms with Gasteiger partial charge in [0.25, 0.3) is 5.91 Å². The first kappa shape index (κ1) is 26.2. The molecule has 0 aliphatic heterocycles. The number of anilines is 1. The molecule has 36 heavy (non-hydrogen) atoms. The van der Waals surface area contributed by atoms with Gasteiger partial charge in [-0.05, 0) is 42.7 Å². The van der Waals surface area contributed by atoms with Crippen LogP contribution >= 0.6 is 22.9 Å². The Balaban J connectivity index is 1.52. The number of nitrogens with one attached hydrogen (secondary N) is 1. The van der Waals surface area contributed by atoms with Crippen LogP contribution < -0.4 is 10.2 Å². The average Bonchev–Trinajstić information content (AvgIpc) is 3.33. The van der Waals surface area contributed by atoms with Crippen molar-refractivity contribution in [2.75, 3.05) is 11.4 Å². The lowest BCUT2D eigenvalue weighted by atomic mass is 9.95. The highest BCUT2D eigenvalue weighted by Gasteiger charge is 2.23. The van der Waals surface area contributed by atoms with Crippen molar-refractivity contribution < 1.29 is 14.7 Å². The van der Waals surface area contributed by atoms with E-state index in [0.29, 0.717) is 16.6 Å². The molecule has 0 spiro atoms. The third-order valence-corrected chi connectivity index (χ3v) is 7.72. The molecule has 1 saturated carbocycles. The van der Waals surface area contributed by atoms with Crippen LogP contribution in [0.1, 0.15) is 67.3 Å². The number of carbonyl (C=O) groups excluding carboxylic acids is 1. The summed E-state index contributed by atoms with van der Waals surface area (Å²) in [5.41, 5.74) is 3.65. The van der Waals surface area contributed by atoms with E-state index in [1.165, 1.54) is 32.1 Å². The molecule has 2 N–H and O–H groups in total. The first-order valence-electron chi connectivity index (χ1n) is 12.6. The van der Waals surface area contributed by atoms with Gasteiger partial charge in [0.15, 0.2) is 5.13 Å². The van der Waals surface area contributed by atoms with Crippen molar-refractivity contribution in [1.29, 1.82) is 0 Å². The Kier molecular flexibility index (Phi) is 9.36. The van der Waals surface area contributed by atoms with Crippen molar-refractivity contribution in [1.82, 2.24) is 10.3 Å². The second kappa shape index (κ2) is 12.9. The number of thiazole rings is 1. The summed E-state index contributed by atoms with van der Waals surface area (Å²) in [7, 11) is 0. The summed E-state index contributed by atoms with van der Waals surface area (Å²) in [6.07, 6.45) is 8.55. The maximum absolute atomic E-state index is 12.3. The van der Waals surface area contributed by atoms with Crippen molar-refractivity contribution in [2.24, 2.45) is 0 Å². The predicted octanol–water partition coefficient (Wildman–Crippen LogP) is 6.79. The van der Waals surface area contributed by atoms with Gasteiger partial charge in [0, 0.05) is 40.7 Å². The second-order valence-electron chi connectivity index (χ2n) is 9.25. The number of benzene rings is 2. The molecule has 8 heteroatoms. The van der Waals surface area contributed by atoms with Crippen molar-refractivity contribution in [2.45, 2.75) is 64.0 Å². The van der Waals surface area contributed by atoms with E-state index in [1.54, 1.807) is 11.3 Å². The van der Waals surface area contributed by atoms with Crippen LogP contribution in [0.2, 0.25) is 5.02 Å². The minimum atomic E-state index is -0.929. The number of amides is 1. The number of hydrogen-bond donors (Lipinski definition) is 2. The van der Waals surface area contributed by atoms with Crippen molar-refractivity contribution >= 4 is 39.9 Å². The zero-order valence-electron chi connectivity index (χ0n) is 20.3. The molecule has 4 rings (SSSR count). The van der Waals surface area contributed by atoms with Crippen LogP contribution in [0.15, 0.2) is 53.9 Å². The Labute approximate surface area is 221 Å². The molecule has 0 saturated heterocycles. The number of rotatable bonds is 9. The monoisotopic (exact) mass is 525 g/mol. The number of carboxylic acid groups (broad SMARTS) is 1. The average molecular weight is 526 g/mol. The van der Waals surface area contributed by atoms with Crippen LogP contribution in [-0.2, 0) is 11.3 Å². The minimum Gasteiger partial charge on any atom is -0.481 e. The Bertz CT molecular complexity index is 1140. The molecule has 0 radical (unpaired) electrons. The molecule has 3 aromatic rings. The first-order valence-corrected chi connectivity index (χ1v) is 13.8. The number of carboxylic acids is 1. The van der Waals surface area contributed by atoms with E-state index in [0.717, 1.165) is 41.3 Å². The van der Waals surface area contributed by atoms with Crippen LogP contribution in [-0.4, -0.2) is 34.6 Å². The Morgan fingerprint density at radius 1 is 1.00 bits per heavy atom. The quantitative estimate of drug-likeness (QED) is 0.321. The summed E-state index contributed by atoms with van der Waals surface area (Å²) < 4.78 is 0. The van der Waals surface area contributed by atoms with Gasteiger partial charge >= 0.3 is 5.97 Å². The van der Waals surface area contributed by atoms with Crippen molar-refractivity contribution in [3.8, 4) is 11.3 Å². The highest BCUT2D eigenvalue weighted by molar-refractivity contribution is 7.14. The van der Waals surface area contributed by atoms with E-state index >= 15 is 0 Å². The number of hydrogen-bond acceptors (Lipinski definition) is 5. The maximum atomic E-state index is 12.3. The summed E-state index contributed by atoms with van der Waals surface area (Å²) in [6.45, 7) is 0.838. The summed E-state index contributed by atoms with van der Waals surface area (Å²) >= 11 is 7.74. The molecular weight excluding hydrogens is 494 g/mol. The fourth-order valence-corrected chi connectivity index (χ4v) is 5.62. The highest BCUT2D eigenvalue weighted by atomic mass is 35.5.